The van der Waals surface area contributed by atoms with Crippen LogP contribution in [-0.2, 0) is 4.74 Å². The number of halogens is 1. The van der Waals surface area contributed by atoms with Crippen LogP contribution in [0.15, 0.2) is 12.1 Å². The lowest BCUT2D eigenvalue weighted by Gasteiger charge is -2.22. The fraction of sp³-hybridized carbons (Fsp3) is 0.571. The number of hydrogen-bond acceptors (Lipinski definition) is 4. The number of hydrogen-bond donors (Lipinski definition) is 1. The summed E-state index contributed by atoms with van der Waals surface area (Å²) in [6.07, 6.45) is 1.21. The Labute approximate surface area is 118 Å². The van der Waals surface area contributed by atoms with Crippen molar-refractivity contribution in [1.82, 2.24) is 0 Å². The molecule has 4 nitrogen and oxygen atoms in total. The zero-order valence-corrected chi connectivity index (χ0v) is 12.2. The Kier molecular flexibility index (Phi) is 4.55. The van der Waals surface area contributed by atoms with Crippen LogP contribution in [0.1, 0.15) is 24.9 Å². The standard InChI is InChI=1S/C14H20ClNO3/c1-8-6-9(7-19-8)13(16)10-4-5-11(17-2)12(15)14(10)18-3/h4-5,8-9,13H,6-7,16H2,1-3H3. The van der Waals surface area contributed by atoms with Gasteiger partial charge in [0.15, 0.2) is 0 Å². The summed E-state index contributed by atoms with van der Waals surface area (Å²) in [4.78, 5) is 0. The third kappa shape index (κ3) is 2.81. The van der Waals surface area contributed by atoms with Crippen molar-refractivity contribution in [3.8, 4) is 11.5 Å². The molecule has 2 N–H and O–H groups in total. The van der Waals surface area contributed by atoms with Crippen LogP contribution in [0.2, 0.25) is 5.02 Å². The predicted octanol–water partition coefficient (Wildman–Crippen LogP) is 2.78. The molecular formula is C14H20ClNO3. The minimum Gasteiger partial charge on any atom is -0.495 e. The summed E-state index contributed by atoms with van der Waals surface area (Å²) in [7, 11) is 3.16. The van der Waals surface area contributed by atoms with Gasteiger partial charge in [0.25, 0.3) is 0 Å². The van der Waals surface area contributed by atoms with Crippen molar-refractivity contribution in [3.63, 3.8) is 0 Å². The van der Waals surface area contributed by atoms with E-state index in [1.807, 2.05) is 12.1 Å². The van der Waals surface area contributed by atoms with Crippen LogP contribution >= 0.6 is 11.6 Å². The molecule has 0 saturated carbocycles. The van der Waals surface area contributed by atoms with Gasteiger partial charge in [-0.3, -0.25) is 0 Å². The lowest BCUT2D eigenvalue weighted by atomic mass is 9.91. The van der Waals surface area contributed by atoms with Gasteiger partial charge < -0.3 is 19.9 Å². The normalized spacial score (nSPS) is 24.3. The van der Waals surface area contributed by atoms with Crippen molar-refractivity contribution in [3.05, 3.63) is 22.7 Å². The average Bonchev–Trinajstić information content (AvgIpc) is 2.84. The molecule has 3 unspecified atom stereocenters. The summed E-state index contributed by atoms with van der Waals surface area (Å²) in [5.74, 6) is 1.46. The molecule has 1 heterocycles. The molecule has 1 aromatic rings. The van der Waals surface area contributed by atoms with E-state index in [0.29, 0.717) is 23.1 Å². The summed E-state index contributed by atoms with van der Waals surface area (Å²) in [5, 5.41) is 0.463. The van der Waals surface area contributed by atoms with E-state index in [2.05, 4.69) is 6.92 Å². The molecular weight excluding hydrogens is 266 g/mol. The largest absolute Gasteiger partial charge is 0.495 e. The van der Waals surface area contributed by atoms with E-state index < -0.39 is 0 Å². The second-order valence-corrected chi connectivity index (χ2v) is 5.25. The summed E-state index contributed by atoms with van der Waals surface area (Å²) < 4.78 is 16.2. The number of methoxy groups -OCH3 is 2. The van der Waals surface area contributed by atoms with E-state index >= 15 is 0 Å². The van der Waals surface area contributed by atoms with Crippen molar-refractivity contribution in [2.45, 2.75) is 25.5 Å². The molecule has 0 bridgehead atoms. The molecule has 1 saturated heterocycles. The van der Waals surface area contributed by atoms with E-state index in [4.69, 9.17) is 31.5 Å². The van der Waals surface area contributed by atoms with Crippen molar-refractivity contribution >= 4 is 11.6 Å². The fourth-order valence-electron chi connectivity index (χ4n) is 2.54. The smallest absolute Gasteiger partial charge is 0.146 e. The van der Waals surface area contributed by atoms with Crippen LogP contribution in [0.4, 0.5) is 0 Å². The van der Waals surface area contributed by atoms with Crippen LogP contribution in [0.5, 0.6) is 11.5 Å². The van der Waals surface area contributed by atoms with Gasteiger partial charge in [-0.15, -0.1) is 0 Å². The van der Waals surface area contributed by atoms with Gasteiger partial charge in [-0.05, 0) is 25.5 Å². The molecule has 0 aromatic heterocycles. The maximum atomic E-state index is 6.34. The molecule has 0 radical (unpaired) electrons. The highest BCUT2D eigenvalue weighted by atomic mass is 35.5. The lowest BCUT2D eigenvalue weighted by Crippen LogP contribution is -2.22. The lowest BCUT2D eigenvalue weighted by molar-refractivity contribution is 0.118. The molecule has 1 fully saturated rings. The van der Waals surface area contributed by atoms with E-state index in [9.17, 15) is 0 Å². The van der Waals surface area contributed by atoms with Crippen LogP contribution in [0.3, 0.4) is 0 Å². The minimum absolute atomic E-state index is 0.150. The highest BCUT2D eigenvalue weighted by Gasteiger charge is 2.30. The van der Waals surface area contributed by atoms with Crippen LogP contribution < -0.4 is 15.2 Å². The molecule has 0 aliphatic carbocycles. The van der Waals surface area contributed by atoms with E-state index in [1.165, 1.54) is 0 Å². The fourth-order valence-corrected chi connectivity index (χ4v) is 2.86. The third-order valence-corrected chi connectivity index (χ3v) is 3.97. The van der Waals surface area contributed by atoms with Crippen LogP contribution in [0.25, 0.3) is 0 Å². The van der Waals surface area contributed by atoms with Crippen molar-refractivity contribution in [1.29, 1.82) is 0 Å². The first-order valence-electron chi connectivity index (χ1n) is 6.36. The molecule has 1 aliphatic rings. The third-order valence-electron chi connectivity index (χ3n) is 3.61. The average molecular weight is 286 g/mol. The molecule has 0 amide bonds. The molecule has 5 heteroatoms. The highest BCUT2D eigenvalue weighted by molar-refractivity contribution is 6.33. The zero-order chi connectivity index (χ0) is 14.0. The molecule has 1 aliphatic heterocycles. The first-order chi connectivity index (χ1) is 9.08. The summed E-state index contributed by atoms with van der Waals surface area (Å²) in [6, 6.07) is 3.58. The molecule has 0 spiro atoms. The van der Waals surface area contributed by atoms with Crippen LogP contribution in [0, 0.1) is 5.92 Å². The number of rotatable bonds is 4. The quantitative estimate of drug-likeness (QED) is 0.924. The highest BCUT2D eigenvalue weighted by Crippen LogP contribution is 2.42. The number of ether oxygens (including phenoxy) is 3. The van der Waals surface area contributed by atoms with Gasteiger partial charge >= 0.3 is 0 Å². The molecule has 1 aromatic carbocycles. The summed E-state index contributed by atoms with van der Waals surface area (Å²) in [6.45, 7) is 2.74. The van der Waals surface area contributed by atoms with Crippen molar-refractivity contribution in [2.75, 3.05) is 20.8 Å². The molecule has 3 atom stereocenters. The van der Waals surface area contributed by atoms with Crippen LogP contribution in [-0.4, -0.2) is 26.9 Å². The molecule has 106 valence electrons. The van der Waals surface area contributed by atoms with Crippen molar-refractivity contribution < 1.29 is 14.2 Å². The second kappa shape index (κ2) is 5.99. The number of nitrogens with two attached hydrogens (primary N) is 1. The topological polar surface area (TPSA) is 53.7 Å². The maximum absolute atomic E-state index is 6.34. The first kappa shape index (κ1) is 14.4. The first-order valence-corrected chi connectivity index (χ1v) is 6.73. The molecule has 19 heavy (non-hydrogen) atoms. The molecule has 2 rings (SSSR count). The maximum Gasteiger partial charge on any atom is 0.146 e. The van der Waals surface area contributed by atoms with Crippen molar-refractivity contribution in [2.24, 2.45) is 11.7 Å². The van der Waals surface area contributed by atoms with Gasteiger partial charge in [0, 0.05) is 17.5 Å². The Balaban J connectivity index is 2.31. The predicted molar refractivity (Wildman–Crippen MR) is 75.0 cm³/mol. The Morgan fingerprint density at radius 1 is 1.37 bits per heavy atom. The Bertz CT molecular complexity index is 453. The van der Waals surface area contributed by atoms with Gasteiger partial charge in [0.1, 0.15) is 16.5 Å². The van der Waals surface area contributed by atoms with E-state index in [1.54, 1.807) is 14.2 Å². The Hall–Kier alpha value is -0.970. The van der Waals surface area contributed by atoms with E-state index in [0.717, 1.165) is 12.0 Å². The summed E-state index contributed by atoms with van der Waals surface area (Å²) >= 11 is 6.26. The Morgan fingerprint density at radius 2 is 2.11 bits per heavy atom. The Morgan fingerprint density at radius 3 is 2.63 bits per heavy atom. The van der Waals surface area contributed by atoms with E-state index in [-0.39, 0.29) is 18.1 Å². The SMILES string of the molecule is COc1ccc(C(N)C2COC(C)C2)c(OC)c1Cl. The minimum atomic E-state index is -0.150. The van der Waals surface area contributed by atoms with Gasteiger partial charge in [0.05, 0.1) is 26.9 Å². The van der Waals surface area contributed by atoms with Gasteiger partial charge in [0.2, 0.25) is 0 Å². The van der Waals surface area contributed by atoms with Gasteiger partial charge in [-0.1, -0.05) is 11.6 Å². The van der Waals surface area contributed by atoms with Gasteiger partial charge in [-0.25, -0.2) is 0 Å². The summed E-state index contributed by atoms with van der Waals surface area (Å²) in [5.41, 5.74) is 7.24. The second-order valence-electron chi connectivity index (χ2n) is 4.87. The zero-order valence-electron chi connectivity index (χ0n) is 11.5. The number of benzene rings is 1. The van der Waals surface area contributed by atoms with Gasteiger partial charge in [-0.2, -0.15) is 0 Å². The monoisotopic (exact) mass is 285 g/mol.